The molecule has 0 radical (unpaired) electrons. The number of carbonyl (C=O) groups excluding carboxylic acids is 1. The van der Waals surface area contributed by atoms with Gasteiger partial charge in [0.05, 0.1) is 5.41 Å². The Morgan fingerprint density at radius 2 is 1.43 bits per heavy atom. The van der Waals surface area contributed by atoms with Crippen LogP contribution in [0.25, 0.3) is 0 Å². The van der Waals surface area contributed by atoms with Crippen molar-refractivity contribution in [3.8, 4) is 0 Å². The van der Waals surface area contributed by atoms with Crippen molar-refractivity contribution in [3.05, 3.63) is 0 Å². The Labute approximate surface area is 143 Å². The van der Waals surface area contributed by atoms with Crippen molar-refractivity contribution in [2.45, 2.75) is 96.9 Å². The van der Waals surface area contributed by atoms with E-state index >= 15 is 0 Å². The molecule has 2 aliphatic rings. The third kappa shape index (κ3) is 5.20. The number of rotatable bonds is 13. The number of nitrogens with one attached hydrogen (secondary N) is 1. The summed E-state index contributed by atoms with van der Waals surface area (Å²) in [5.41, 5.74) is 0.0165. The van der Waals surface area contributed by atoms with E-state index in [4.69, 9.17) is 0 Å². The van der Waals surface area contributed by atoms with Crippen LogP contribution < -0.4 is 5.32 Å². The van der Waals surface area contributed by atoms with Gasteiger partial charge in [0.1, 0.15) is 0 Å². The summed E-state index contributed by atoms with van der Waals surface area (Å²) in [6, 6.07) is 0.734. The molecule has 3 nitrogen and oxygen atoms in total. The van der Waals surface area contributed by atoms with Gasteiger partial charge in [-0.05, 0) is 12.8 Å². The third-order valence-corrected chi connectivity index (χ3v) is 5.88. The fourth-order valence-corrected chi connectivity index (χ4v) is 4.13. The molecule has 0 unspecified atom stereocenters. The third-order valence-electron chi connectivity index (χ3n) is 5.88. The second-order valence-electron chi connectivity index (χ2n) is 7.93. The fraction of sp³-hybridized carbons (Fsp3) is 0.950. The van der Waals surface area contributed by atoms with E-state index in [0.29, 0.717) is 5.91 Å². The predicted molar refractivity (Wildman–Crippen MR) is 97.6 cm³/mol. The smallest absolute Gasteiger partial charge is 0.230 e. The SMILES string of the molecule is CCCCCCCC(CCCCCCC)N1CC2(CNC2=O)C1. The zero-order valence-corrected chi connectivity index (χ0v) is 15.5. The zero-order chi connectivity index (χ0) is 16.5. The molecule has 0 saturated carbocycles. The van der Waals surface area contributed by atoms with Gasteiger partial charge in [-0.15, -0.1) is 0 Å². The lowest BCUT2D eigenvalue weighted by atomic mass is 9.72. The molecule has 2 saturated heterocycles. The van der Waals surface area contributed by atoms with E-state index in [1.165, 1.54) is 77.0 Å². The molecular formula is C20H38N2O. The van der Waals surface area contributed by atoms with Crippen LogP contribution in [0, 0.1) is 5.41 Å². The monoisotopic (exact) mass is 322 g/mol. The molecule has 1 spiro atoms. The molecule has 3 heteroatoms. The summed E-state index contributed by atoms with van der Waals surface area (Å²) in [5.74, 6) is 0.304. The Balaban J connectivity index is 1.67. The van der Waals surface area contributed by atoms with Crippen molar-refractivity contribution in [1.82, 2.24) is 10.2 Å². The van der Waals surface area contributed by atoms with Gasteiger partial charge >= 0.3 is 0 Å². The molecule has 2 aliphatic heterocycles. The molecule has 2 heterocycles. The molecule has 0 atom stereocenters. The van der Waals surface area contributed by atoms with Gasteiger partial charge in [0.2, 0.25) is 5.91 Å². The molecule has 1 amide bonds. The van der Waals surface area contributed by atoms with Gasteiger partial charge in [-0.1, -0.05) is 78.1 Å². The van der Waals surface area contributed by atoms with Gasteiger partial charge in [0.25, 0.3) is 0 Å². The van der Waals surface area contributed by atoms with Crippen LogP contribution in [-0.2, 0) is 4.79 Å². The van der Waals surface area contributed by atoms with Crippen molar-refractivity contribution in [1.29, 1.82) is 0 Å². The first-order chi connectivity index (χ1) is 11.2. The molecule has 2 fully saturated rings. The molecule has 0 aromatic heterocycles. The minimum Gasteiger partial charge on any atom is -0.354 e. The van der Waals surface area contributed by atoms with Gasteiger partial charge in [-0.2, -0.15) is 0 Å². The van der Waals surface area contributed by atoms with Crippen LogP contribution in [0.5, 0.6) is 0 Å². The Kier molecular flexibility index (Phi) is 7.88. The maximum atomic E-state index is 11.7. The van der Waals surface area contributed by atoms with Gasteiger partial charge in [0.15, 0.2) is 0 Å². The molecule has 134 valence electrons. The van der Waals surface area contributed by atoms with Crippen molar-refractivity contribution in [3.63, 3.8) is 0 Å². The highest BCUT2D eigenvalue weighted by Crippen LogP contribution is 2.38. The number of likely N-dealkylation sites (tertiary alicyclic amines) is 1. The summed E-state index contributed by atoms with van der Waals surface area (Å²) in [6.07, 6.45) is 16.4. The quantitative estimate of drug-likeness (QED) is 0.400. The molecule has 0 bridgehead atoms. The minimum absolute atomic E-state index is 0.0165. The van der Waals surface area contributed by atoms with Crippen molar-refractivity contribution in [2.24, 2.45) is 5.41 Å². The lowest BCUT2D eigenvalue weighted by Gasteiger charge is -2.56. The summed E-state index contributed by atoms with van der Waals surface area (Å²) in [5, 5.41) is 2.93. The van der Waals surface area contributed by atoms with Crippen LogP contribution in [0.15, 0.2) is 0 Å². The van der Waals surface area contributed by atoms with E-state index in [2.05, 4.69) is 24.1 Å². The van der Waals surface area contributed by atoms with Gasteiger partial charge in [-0.3, -0.25) is 9.69 Å². The number of hydrogen-bond acceptors (Lipinski definition) is 2. The van der Waals surface area contributed by atoms with Gasteiger partial charge in [0, 0.05) is 25.7 Å². The predicted octanol–water partition coefficient (Wildman–Crippen LogP) is 4.51. The standard InChI is InChI=1S/C20H38N2O/c1-3-5-7-9-11-13-18(14-12-10-8-6-4-2)22-16-20(17-22)15-21-19(20)23/h18H,3-17H2,1-2H3,(H,21,23). The van der Waals surface area contributed by atoms with E-state index < -0.39 is 0 Å². The maximum Gasteiger partial charge on any atom is 0.230 e. The van der Waals surface area contributed by atoms with Crippen LogP contribution in [0.4, 0.5) is 0 Å². The number of nitrogens with zero attached hydrogens (tertiary/aromatic N) is 1. The van der Waals surface area contributed by atoms with Crippen LogP contribution in [0.3, 0.4) is 0 Å². The number of carbonyl (C=O) groups is 1. The van der Waals surface area contributed by atoms with Gasteiger partial charge in [-0.25, -0.2) is 0 Å². The molecule has 1 N–H and O–H groups in total. The topological polar surface area (TPSA) is 32.3 Å². The van der Waals surface area contributed by atoms with Crippen LogP contribution >= 0.6 is 0 Å². The number of amides is 1. The van der Waals surface area contributed by atoms with E-state index in [-0.39, 0.29) is 5.41 Å². The lowest BCUT2D eigenvalue weighted by Crippen LogP contribution is -2.75. The van der Waals surface area contributed by atoms with E-state index in [0.717, 1.165) is 25.7 Å². The lowest BCUT2D eigenvalue weighted by molar-refractivity contribution is -0.158. The molecule has 23 heavy (non-hydrogen) atoms. The van der Waals surface area contributed by atoms with Crippen LogP contribution in [0.2, 0.25) is 0 Å². The van der Waals surface area contributed by atoms with E-state index in [9.17, 15) is 4.79 Å². The van der Waals surface area contributed by atoms with E-state index in [1.807, 2.05) is 0 Å². The highest BCUT2D eigenvalue weighted by atomic mass is 16.2. The largest absolute Gasteiger partial charge is 0.354 e. The summed E-state index contributed by atoms with van der Waals surface area (Å²) in [4.78, 5) is 14.3. The Bertz CT molecular complexity index is 336. The summed E-state index contributed by atoms with van der Waals surface area (Å²) in [7, 11) is 0. The van der Waals surface area contributed by atoms with Crippen molar-refractivity contribution >= 4 is 5.91 Å². The second kappa shape index (κ2) is 9.66. The normalized spacial score (nSPS) is 19.7. The molecule has 0 aliphatic carbocycles. The Hall–Kier alpha value is -0.570. The van der Waals surface area contributed by atoms with Crippen LogP contribution in [-0.4, -0.2) is 36.5 Å². The highest BCUT2D eigenvalue weighted by Gasteiger charge is 2.56. The zero-order valence-electron chi connectivity index (χ0n) is 15.5. The van der Waals surface area contributed by atoms with E-state index in [1.54, 1.807) is 0 Å². The number of β-lactam (4-membered cyclic amide) rings is 1. The van der Waals surface area contributed by atoms with Crippen LogP contribution in [0.1, 0.15) is 90.9 Å². The summed E-state index contributed by atoms with van der Waals surface area (Å²) < 4.78 is 0. The first-order valence-electron chi connectivity index (χ1n) is 10.2. The molecule has 0 aromatic carbocycles. The fourth-order valence-electron chi connectivity index (χ4n) is 4.13. The summed E-state index contributed by atoms with van der Waals surface area (Å²) in [6.45, 7) is 7.52. The minimum atomic E-state index is 0.0165. The average molecular weight is 323 g/mol. The van der Waals surface area contributed by atoms with Crippen molar-refractivity contribution < 1.29 is 4.79 Å². The van der Waals surface area contributed by atoms with Crippen molar-refractivity contribution in [2.75, 3.05) is 19.6 Å². The molecule has 0 aromatic rings. The molecule has 2 rings (SSSR count). The Morgan fingerprint density at radius 3 is 1.83 bits per heavy atom. The first-order valence-corrected chi connectivity index (χ1v) is 10.2. The Morgan fingerprint density at radius 1 is 0.913 bits per heavy atom. The number of hydrogen-bond donors (Lipinski definition) is 1. The highest BCUT2D eigenvalue weighted by molar-refractivity contribution is 5.90. The maximum absolute atomic E-state index is 11.7. The second-order valence-corrected chi connectivity index (χ2v) is 7.93. The average Bonchev–Trinajstić information content (AvgIpc) is 2.51. The number of unbranched alkanes of at least 4 members (excludes halogenated alkanes) is 8. The summed E-state index contributed by atoms with van der Waals surface area (Å²) >= 11 is 0. The molecular weight excluding hydrogens is 284 g/mol. The first kappa shape index (κ1) is 18.8. The van der Waals surface area contributed by atoms with Gasteiger partial charge < -0.3 is 5.32 Å².